The number of rotatable bonds is 1. The average Bonchev–Trinajstić information content (AvgIpc) is 2.37. The molecule has 0 aliphatic carbocycles. The van der Waals surface area contributed by atoms with E-state index in [0.29, 0.717) is 0 Å². The van der Waals surface area contributed by atoms with Crippen molar-refractivity contribution in [1.82, 2.24) is 0 Å². The van der Waals surface area contributed by atoms with E-state index in [-0.39, 0.29) is 11.9 Å². The van der Waals surface area contributed by atoms with Crippen molar-refractivity contribution in [2.45, 2.75) is 18.9 Å². The van der Waals surface area contributed by atoms with Gasteiger partial charge in [-0.1, -0.05) is 5.16 Å². The van der Waals surface area contributed by atoms with Gasteiger partial charge in [-0.25, -0.2) is 0 Å². The van der Waals surface area contributed by atoms with Gasteiger partial charge in [-0.15, -0.1) is 0 Å². The van der Waals surface area contributed by atoms with Crippen LogP contribution in [0.15, 0.2) is 5.16 Å². The zero-order valence-corrected chi connectivity index (χ0v) is 5.08. The molecule has 0 aromatic carbocycles. The fourth-order valence-electron chi connectivity index (χ4n) is 0.875. The predicted octanol–water partition coefficient (Wildman–Crippen LogP) is -0.0882. The van der Waals surface area contributed by atoms with Crippen LogP contribution < -0.4 is 5.73 Å². The van der Waals surface area contributed by atoms with Crippen molar-refractivity contribution in [1.29, 1.82) is 0 Å². The minimum absolute atomic E-state index is 0.144. The van der Waals surface area contributed by atoms with Crippen LogP contribution in [0.25, 0.3) is 0 Å². The Morgan fingerprint density at radius 1 is 1.78 bits per heavy atom. The van der Waals surface area contributed by atoms with Gasteiger partial charge in [0.2, 0.25) is 0 Å². The number of nitrogens with zero attached hydrogens (tertiary/aromatic N) is 1. The summed E-state index contributed by atoms with van der Waals surface area (Å²) in [5.41, 5.74) is 5.25. The number of hydrogen-bond acceptors (Lipinski definition) is 3. The van der Waals surface area contributed by atoms with E-state index in [1.165, 1.54) is 0 Å². The number of ether oxygens (including phenoxy) is 1. The lowest BCUT2D eigenvalue weighted by Crippen LogP contribution is -2.27. The molecule has 0 aromatic heterocycles. The Kier molecular flexibility index (Phi) is 1.89. The Hall–Kier alpha value is -0.770. The fourth-order valence-corrected chi connectivity index (χ4v) is 0.875. The fraction of sp³-hybridized carbons (Fsp3) is 0.800. The average molecular weight is 130 g/mol. The van der Waals surface area contributed by atoms with Crippen LogP contribution in [-0.2, 0) is 4.74 Å². The van der Waals surface area contributed by atoms with Gasteiger partial charge in [0.05, 0.1) is 0 Å². The van der Waals surface area contributed by atoms with Crippen LogP contribution in [0.2, 0.25) is 0 Å². The van der Waals surface area contributed by atoms with E-state index in [4.69, 9.17) is 15.7 Å². The summed E-state index contributed by atoms with van der Waals surface area (Å²) in [5.74, 6) is 0.188. The molecule has 0 amide bonds. The molecule has 4 heteroatoms. The zero-order valence-electron chi connectivity index (χ0n) is 5.08. The molecule has 0 spiro atoms. The summed E-state index contributed by atoms with van der Waals surface area (Å²) in [6.45, 7) is 0.723. The molecule has 0 radical (unpaired) electrons. The smallest absolute Gasteiger partial charge is 0.168 e. The van der Waals surface area contributed by atoms with Crippen LogP contribution in [-0.4, -0.2) is 23.8 Å². The second-order valence-electron chi connectivity index (χ2n) is 2.03. The summed E-state index contributed by atoms with van der Waals surface area (Å²) in [4.78, 5) is 0. The van der Waals surface area contributed by atoms with E-state index in [1.807, 2.05) is 0 Å². The Morgan fingerprint density at radius 2 is 2.56 bits per heavy atom. The number of hydrogen-bond donors (Lipinski definition) is 2. The Balaban J connectivity index is 2.42. The van der Waals surface area contributed by atoms with Gasteiger partial charge in [0.15, 0.2) is 5.84 Å². The number of oxime groups is 1. The van der Waals surface area contributed by atoms with Gasteiger partial charge in [-0.05, 0) is 12.8 Å². The lowest BCUT2D eigenvalue weighted by molar-refractivity contribution is 0.153. The van der Waals surface area contributed by atoms with Crippen molar-refractivity contribution in [3.8, 4) is 0 Å². The summed E-state index contributed by atoms with van der Waals surface area (Å²) in [6, 6.07) is 0. The predicted molar refractivity (Wildman–Crippen MR) is 32.4 cm³/mol. The summed E-state index contributed by atoms with van der Waals surface area (Å²) in [7, 11) is 0. The van der Waals surface area contributed by atoms with Gasteiger partial charge < -0.3 is 15.7 Å². The molecule has 4 nitrogen and oxygen atoms in total. The van der Waals surface area contributed by atoms with E-state index in [1.54, 1.807) is 0 Å². The van der Waals surface area contributed by atoms with Crippen LogP contribution in [0.1, 0.15) is 12.8 Å². The van der Waals surface area contributed by atoms with Crippen molar-refractivity contribution in [2.75, 3.05) is 6.61 Å². The van der Waals surface area contributed by atoms with E-state index >= 15 is 0 Å². The first-order valence-electron chi connectivity index (χ1n) is 2.93. The second-order valence-corrected chi connectivity index (χ2v) is 2.03. The third kappa shape index (κ3) is 1.32. The summed E-state index contributed by atoms with van der Waals surface area (Å²) >= 11 is 0. The van der Waals surface area contributed by atoms with Crippen molar-refractivity contribution in [3.63, 3.8) is 0 Å². The van der Waals surface area contributed by atoms with Gasteiger partial charge in [0.25, 0.3) is 0 Å². The van der Waals surface area contributed by atoms with Crippen molar-refractivity contribution in [2.24, 2.45) is 10.9 Å². The molecule has 0 saturated carbocycles. The molecular weight excluding hydrogens is 120 g/mol. The molecule has 52 valence electrons. The Bertz CT molecular complexity index is 118. The summed E-state index contributed by atoms with van der Waals surface area (Å²) < 4.78 is 5.09. The molecule has 1 saturated heterocycles. The largest absolute Gasteiger partial charge is 0.409 e. The first-order chi connectivity index (χ1) is 4.34. The molecule has 0 unspecified atom stereocenters. The van der Waals surface area contributed by atoms with Crippen LogP contribution in [0, 0.1) is 0 Å². The third-order valence-electron chi connectivity index (χ3n) is 1.38. The van der Waals surface area contributed by atoms with E-state index < -0.39 is 0 Å². The van der Waals surface area contributed by atoms with Crippen molar-refractivity contribution >= 4 is 5.84 Å². The molecule has 1 aliphatic heterocycles. The van der Waals surface area contributed by atoms with Gasteiger partial charge in [-0.2, -0.15) is 0 Å². The standard InChI is InChI=1S/C5H10N2O2/c6-5(7-8)4-2-1-3-9-4/h4,8H,1-3H2,(H2,6,7)/t4-/m0/s1. The topological polar surface area (TPSA) is 67.8 Å². The van der Waals surface area contributed by atoms with Crippen LogP contribution in [0.4, 0.5) is 0 Å². The highest BCUT2D eigenvalue weighted by atomic mass is 16.5. The lowest BCUT2D eigenvalue weighted by atomic mass is 10.2. The minimum atomic E-state index is -0.144. The van der Waals surface area contributed by atoms with Crippen molar-refractivity contribution in [3.05, 3.63) is 0 Å². The van der Waals surface area contributed by atoms with Crippen LogP contribution >= 0.6 is 0 Å². The molecule has 1 heterocycles. The van der Waals surface area contributed by atoms with Crippen molar-refractivity contribution < 1.29 is 9.94 Å². The highest BCUT2D eigenvalue weighted by molar-refractivity contribution is 5.84. The molecular formula is C5H10N2O2. The number of amidine groups is 1. The second kappa shape index (κ2) is 2.68. The van der Waals surface area contributed by atoms with E-state index in [0.717, 1.165) is 19.4 Å². The van der Waals surface area contributed by atoms with E-state index in [2.05, 4.69) is 5.16 Å². The molecule has 1 aliphatic rings. The Morgan fingerprint density at radius 3 is 3.00 bits per heavy atom. The summed E-state index contributed by atoms with van der Waals surface area (Å²) in [5, 5.41) is 11.0. The number of nitrogens with two attached hydrogens (primary N) is 1. The van der Waals surface area contributed by atoms with Crippen LogP contribution in [0.5, 0.6) is 0 Å². The highest BCUT2D eigenvalue weighted by Crippen LogP contribution is 2.11. The van der Waals surface area contributed by atoms with E-state index in [9.17, 15) is 0 Å². The van der Waals surface area contributed by atoms with Gasteiger partial charge in [0.1, 0.15) is 6.10 Å². The minimum Gasteiger partial charge on any atom is -0.409 e. The first kappa shape index (κ1) is 6.35. The van der Waals surface area contributed by atoms with Gasteiger partial charge in [0, 0.05) is 6.61 Å². The van der Waals surface area contributed by atoms with Gasteiger partial charge >= 0.3 is 0 Å². The maximum absolute atomic E-state index is 8.18. The maximum atomic E-state index is 8.18. The normalized spacial score (nSPS) is 28.9. The molecule has 1 atom stereocenters. The lowest BCUT2D eigenvalue weighted by Gasteiger charge is -2.04. The maximum Gasteiger partial charge on any atom is 0.168 e. The highest BCUT2D eigenvalue weighted by Gasteiger charge is 2.19. The first-order valence-corrected chi connectivity index (χ1v) is 2.93. The molecule has 1 fully saturated rings. The molecule has 3 N–H and O–H groups in total. The van der Waals surface area contributed by atoms with Crippen LogP contribution in [0.3, 0.4) is 0 Å². The third-order valence-corrected chi connectivity index (χ3v) is 1.38. The summed E-state index contributed by atoms with van der Waals surface area (Å²) in [6.07, 6.45) is 1.73. The molecule has 0 bridgehead atoms. The molecule has 1 rings (SSSR count). The van der Waals surface area contributed by atoms with Gasteiger partial charge in [-0.3, -0.25) is 0 Å². The Labute approximate surface area is 53.3 Å². The molecule has 9 heavy (non-hydrogen) atoms. The quantitative estimate of drug-likeness (QED) is 0.225. The SMILES string of the molecule is N/C(=N/O)[C@@H]1CCCO1. The monoisotopic (exact) mass is 130 g/mol. The zero-order chi connectivity index (χ0) is 6.69. The molecule has 0 aromatic rings.